The highest BCUT2D eigenvalue weighted by Crippen LogP contribution is 2.18. The molecule has 22 heavy (non-hydrogen) atoms. The summed E-state index contributed by atoms with van der Waals surface area (Å²) in [6.45, 7) is 1.57. The van der Waals surface area contributed by atoms with Gasteiger partial charge in [0.25, 0.3) is 10.1 Å². The van der Waals surface area contributed by atoms with Crippen molar-refractivity contribution in [3.63, 3.8) is 0 Å². The van der Waals surface area contributed by atoms with Gasteiger partial charge in [-0.15, -0.1) is 0 Å². The van der Waals surface area contributed by atoms with Crippen LogP contribution < -0.4 is 10.6 Å². The topological polar surface area (TPSA) is 133 Å². The second kappa shape index (κ2) is 7.23. The average molecular weight is 330 g/mol. The van der Waals surface area contributed by atoms with Crippen molar-refractivity contribution in [3.8, 4) is 0 Å². The summed E-state index contributed by atoms with van der Waals surface area (Å²) in [7, 11) is -2.77. The Hall–Kier alpha value is -2.13. The molecule has 0 saturated heterocycles. The quantitative estimate of drug-likeness (QED) is 0.528. The Kier molecular flexibility index (Phi) is 5.89. The van der Waals surface area contributed by atoms with E-state index in [4.69, 9.17) is 9.66 Å². The van der Waals surface area contributed by atoms with E-state index in [2.05, 4.69) is 10.6 Å². The zero-order valence-electron chi connectivity index (χ0n) is 12.1. The van der Waals surface area contributed by atoms with Gasteiger partial charge >= 0.3 is 5.97 Å². The summed E-state index contributed by atoms with van der Waals surface area (Å²) in [5, 5.41) is 13.9. The minimum Gasteiger partial charge on any atom is -0.480 e. The molecule has 0 aliphatic carbocycles. The first kappa shape index (κ1) is 17.9. The summed E-state index contributed by atoms with van der Waals surface area (Å²) in [6, 6.07) is 5.21. The maximum Gasteiger partial charge on any atom is 0.327 e. The molecule has 1 aromatic rings. The van der Waals surface area contributed by atoms with Gasteiger partial charge < -0.3 is 15.7 Å². The average Bonchev–Trinajstić information content (AvgIpc) is 2.44. The van der Waals surface area contributed by atoms with E-state index in [0.29, 0.717) is 5.56 Å². The van der Waals surface area contributed by atoms with Gasteiger partial charge in [0.05, 0.1) is 5.92 Å². The smallest absolute Gasteiger partial charge is 0.327 e. The minimum absolute atomic E-state index is 0.645. The number of hydrogen-bond donors (Lipinski definition) is 4. The van der Waals surface area contributed by atoms with E-state index in [9.17, 15) is 18.0 Å². The molecular weight excluding hydrogens is 312 g/mol. The van der Waals surface area contributed by atoms with E-state index in [1.165, 1.54) is 0 Å². The van der Waals surface area contributed by atoms with Crippen LogP contribution >= 0.6 is 0 Å². The van der Waals surface area contributed by atoms with E-state index >= 15 is 0 Å². The molecule has 8 nitrogen and oxygen atoms in total. The molecule has 0 aliphatic heterocycles. The SMILES string of the molecule is CNc1ccc(C(C)C(=O)NC(CS(=O)(=O)O)C(=O)O)cc1. The molecule has 1 aromatic carbocycles. The monoisotopic (exact) mass is 330 g/mol. The predicted octanol–water partition coefficient (Wildman–Crippen LogP) is 0.289. The Bertz CT molecular complexity index is 641. The third-order valence-corrected chi connectivity index (χ3v) is 3.84. The van der Waals surface area contributed by atoms with Gasteiger partial charge in [-0.05, 0) is 24.6 Å². The largest absolute Gasteiger partial charge is 0.480 e. The highest BCUT2D eigenvalue weighted by molar-refractivity contribution is 7.85. The van der Waals surface area contributed by atoms with E-state index in [1.54, 1.807) is 38.2 Å². The lowest BCUT2D eigenvalue weighted by Gasteiger charge is -2.17. The van der Waals surface area contributed by atoms with Crippen LogP contribution in [0.15, 0.2) is 24.3 Å². The van der Waals surface area contributed by atoms with Gasteiger partial charge in [-0.1, -0.05) is 12.1 Å². The van der Waals surface area contributed by atoms with Crippen LogP contribution in [-0.2, 0) is 19.7 Å². The highest BCUT2D eigenvalue weighted by Gasteiger charge is 2.27. The number of amides is 1. The zero-order chi connectivity index (χ0) is 16.9. The summed E-state index contributed by atoms with van der Waals surface area (Å²) in [5.74, 6) is -3.94. The Morgan fingerprint density at radius 2 is 1.77 bits per heavy atom. The maximum absolute atomic E-state index is 12.0. The normalized spacial score (nSPS) is 14.0. The molecular formula is C13H18N2O6S. The van der Waals surface area contributed by atoms with Crippen molar-refractivity contribution >= 4 is 27.7 Å². The van der Waals surface area contributed by atoms with Gasteiger partial charge in [-0.3, -0.25) is 9.35 Å². The van der Waals surface area contributed by atoms with Crippen molar-refractivity contribution < 1.29 is 27.7 Å². The van der Waals surface area contributed by atoms with Gasteiger partial charge in [-0.25, -0.2) is 4.79 Å². The third kappa shape index (κ3) is 5.34. The summed E-state index contributed by atoms with van der Waals surface area (Å²) in [4.78, 5) is 23.0. The number of carbonyl (C=O) groups is 2. The summed E-state index contributed by atoms with van der Waals surface area (Å²) in [6.07, 6.45) is 0. The first-order valence-electron chi connectivity index (χ1n) is 6.40. The van der Waals surface area contributed by atoms with Gasteiger partial charge in [0.2, 0.25) is 5.91 Å². The van der Waals surface area contributed by atoms with Crippen LogP contribution in [0.3, 0.4) is 0 Å². The first-order chi connectivity index (χ1) is 10.1. The maximum atomic E-state index is 12.0. The molecule has 1 rings (SSSR count). The Balaban J connectivity index is 2.82. The third-order valence-electron chi connectivity index (χ3n) is 3.08. The lowest BCUT2D eigenvalue weighted by molar-refractivity contribution is -0.141. The standard InChI is InChI=1S/C13H18N2O6S/c1-8(9-3-5-10(14-2)6-4-9)12(16)15-11(13(17)18)7-22(19,20)21/h3-6,8,11,14H,7H2,1-2H3,(H,15,16)(H,17,18)(H,19,20,21). The number of carboxylic acid groups (broad SMARTS) is 1. The number of rotatable bonds is 7. The van der Waals surface area contributed by atoms with Gasteiger partial charge in [0, 0.05) is 12.7 Å². The van der Waals surface area contributed by atoms with Crippen LogP contribution in [-0.4, -0.2) is 48.8 Å². The second-order valence-corrected chi connectivity index (χ2v) is 6.24. The number of hydrogen-bond acceptors (Lipinski definition) is 5. The van der Waals surface area contributed by atoms with Crippen molar-refractivity contribution in [2.75, 3.05) is 18.1 Å². The fraction of sp³-hybridized carbons (Fsp3) is 0.385. The fourth-order valence-corrected chi connectivity index (χ4v) is 2.42. The number of nitrogens with one attached hydrogen (secondary N) is 2. The van der Waals surface area contributed by atoms with Crippen molar-refractivity contribution in [3.05, 3.63) is 29.8 Å². The predicted molar refractivity (Wildman–Crippen MR) is 80.4 cm³/mol. The number of carboxylic acids is 1. The van der Waals surface area contributed by atoms with Crippen LogP contribution in [0.1, 0.15) is 18.4 Å². The Morgan fingerprint density at radius 3 is 2.18 bits per heavy atom. The molecule has 0 saturated carbocycles. The molecule has 0 aliphatic rings. The van der Waals surface area contributed by atoms with E-state index in [-0.39, 0.29) is 0 Å². The van der Waals surface area contributed by atoms with Crippen LogP contribution in [0.4, 0.5) is 5.69 Å². The molecule has 0 heterocycles. The molecule has 0 spiro atoms. The van der Waals surface area contributed by atoms with Crippen LogP contribution in [0, 0.1) is 0 Å². The highest BCUT2D eigenvalue weighted by atomic mass is 32.2. The lowest BCUT2D eigenvalue weighted by Crippen LogP contribution is -2.46. The minimum atomic E-state index is -4.52. The van der Waals surface area contributed by atoms with E-state index < -0.39 is 39.7 Å². The summed E-state index contributed by atoms with van der Waals surface area (Å²) < 4.78 is 30.3. The molecule has 1 amide bonds. The van der Waals surface area contributed by atoms with E-state index in [1.807, 2.05) is 0 Å². The lowest BCUT2D eigenvalue weighted by atomic mass is 10.00. The fourth-order valence-electron chi connectivity index (χ4n) is 1.77. The number of carbonyl (C=O) groups excluding carboxylic acids is 1. The molecule has 4 N–H and O–H groups in total. The second-order valence-electron chi connectivity index (χ2n) is 4.74. The van der Waals surface area contributed by atoms with Gasteiger partial charge in [0.15, 0.2) is 0 Å². The van der Waals surface area contributed by atoms with Crippen molar-refractivity contribution in [2.24, 2.45) is 0 Å². The van der Waals surface area contributed by atoms with Crippen LogP contribution in [0.2, 0.25) is 0 Å². The van der Waals surface area contributed by atoms with Crippen molar-refractivity contribution in [1.29, 1.82) is 0 Å². The number of anilines is 1. The zero-order valence-corrected chi connectivity index (χ0v) is 12.9. The first-order valence-corrected chi connectivity index (χ1v) is 8.01. The van der Waals surface area contributed by atoms with Gasteiger partial charge in [-0.2, -0.15) is 8.42 Å². The van der Waals surface area contributed by atoms with Gasteiger partial charge in [0.1, 0.15) is 11.8 Å². The van der Waals surface area contributed by atoms with Crippen molar-refractivity contribution in [1.82, 2.24) is 5.32 Å². The summed E-state index contributed by atoms with van der Waals surface area (Å²) >= 11 is 0. The number of benzene rings is 1. The molecule has 0 bridgehead atoms. The van der Waals surface area contributed by atoms with Crippen LogP contribution in [0.5, 0.6) is 0 Å². The molecule has 9 heteroatoms. The molecule has 2 unspecified atom stereocenters. The number of aliphatic carboxylic acids is 1. The molecule has 2 atom stereocenters. The molecule has 0 fully saturated rings. The van der Waals surface area contributed by atoms with Crippen molar-refractivity contribution in [2.45, 2.75) is 18.9 Å². The Morgan fingerprint density at radius 1 is 1.23 bits per heavy atom. The Labute approximate surface area is 128 Å². The summed E-state index contributed by atoms with van der Waals surface area (Å²) in [5.41, 5.74) is 1.50. The molecule has 0 aromatic heterocycles. The molecule has 0 radical (unpaired) electrons. The van der Waals surface area contributed by atoms with Crippen LogP contribution in [0.25, 0.3) is 0 Å². The van der Waals surface area contributed by atoms with E-state index in [0.717, 1.165) is 5.69 Å². The molecule has 122 valence electrons.